The van der Waals surface area contributed by atoms with Crippen LogP contribution in [0.2, 0.25) is 5.02 Å². The first kappa shape index (κ1) is 14.7. The van der Waals surface area contributed by atoms with Gasteiger partial charge in [-0.15, -0.1) is 0 Å². The highest BCUT2D eigenvalue weighted by Gasteiger charge is 2.17. The summed E-state index contributed by atoms with van der Waals surface area (Å²) in [7, 11) is 0. The van der Waals surface area contributed by atoms with Gasteiger partial charge in [-0.05, 0) is 52.0 Å². The molecule has 2 rings (SSSR count). The van der Waals surface area contributed by atoms with Crippen LogP contribution in [0.3, 0.4) is 0 Å². The second-order valence-corrected chi connectivity index (χ2v) is 5.65. The first-order valence-corrected chi connectivity index (χ1v) is 7.03. The molecule has 0 aliphatic heterocycles. The molecule has 1 heterocycles. The predicted octanol–water partition coefficient (Wildman–Crippen LogP) is 4.59. The molecule has 2 aromatic rings. The number of benzene rings is 1. The van der Waals surface area contributed by atoms with E-state index in [1.54, 1.807) is 12.1 Å². The lowest BCUT2D eigenvalue weighted by molar-refractivity contribution is 0.102. The molecule has 1 aromatic heterocycles. The monoisotopic (exact) mass is 290 g/mol. The van der Waals surface area contributed by atoms with Crippen molar-refractivity contribution in [2.45, 2.75) is 33.7 Å². The van der Waals surface area contributed by atoms with E-state index in [0.717, 1.165) is 11.4 Å². The van der Waals surface area contributed by atoms with Crippen molar-refractivity contribution in [3.05, 3.63) is 52.3 Å². The van der Waals surface area contributed by atoms with Crippen molar-refractivity contribution >= 4 is 23.2 Å². The fraction of sp³-hybridized carbons (Fsp3) is 0.312. The quantitative estimate of drug-likeness (QED) is 0.881. The van der Waals surface area contributed by atoms with E-state index in [0.29, 0.717) is 22.3 Å². The van der Waals surface area contributed by atoms with Gasteiger partial charge in [-0.25, -0.2) is 0 Å². The molecule has 3 nitrogen and oxygen atoms in total. The van der Waals surface area contributed by atoms with Crippen LogP contribution in [0.4, 0.5) is 5.69 Å². The predicted molar refractivity (Wildman–Crippen MR) is 83.7 cm³/mol. The number of carbonyl (C=O) groups excluding carboxylic acids is 1. The summed E-state index contributed by atoms with van der Waals surface area (Å²) in [5.41, 5.74) is 3.48. The number of rotatable bonds is 3. The second-order valence-electron chi connectivity index (χ2n) is 5.21. The molecule has 0 saturated carbocycles. The zero-order valence-electron chi connectivity index (χ0n) is 12.2. The number of hydrogen-bond donors (Lipinski definition) is 1. The molecule has 0 atom stereocenters. The Hall–Kier alpha value is -1.74. The molecular weight excluding hydrogens is 272 g/mol. The molecule has 0 aliphatic carbocycles. The molecule has 20 heavy (non-hydrogen) atoms. The van der Waals surface area contributed by atoms with Gasteiger partial charge in [0.05, 0.1) is 5.56 Å². The van der Waals surface area contributed by atoms with E-state index in [9.17, 15) is 4.79 Å². The van der Waals surface area contributed by atoms with E-state index in [1.165, 1.54) is 0 Å². The molecule has 0 radical (unpaired) electrons. The van der Waals surface area contributed by atoms with Gasteiger partial charge in [0.25, 0.3) is 5.91 Å². The summed E-state index contributed by atoms with van der Waals surface area (Å²) in [6.45, 7) is 8.21. The van der Waals surface area contributed by atoms with Gasteiger partial charge in [-0.3, -0.25) is 4.79 Å². The number of halogens is 1. The first-order chi connectivity index (χ1) is 9.40. The summed E-state index contributed by atoms with van der Waals surface area (Å²) in [5.74, 6) is -0.104. The van der Waals surface area contributed by atoms with Crippen molar-refractivity contribution in [2.75, 3.05) is 5.32 Å². The summed E-state index contributed by atoms with van der Waals surface area (Å²) in [5, 5.41) is 3.49. The van der Waals surface area contributed by atoms with Crippen LogP contribution in [0.15, 0.2) is 30.3 Å². The topological polar surface area (TPSA) is 34.0 Å². The molecule has 0 saturated heterocycles. The number of anilines is 1. The third-order valence-corrected chi connectivity index (χ3v) is 3.56. The molecule has 0 spiro atoms. The maximum atomic E-state index is 12.4. The Labute approximate surface area is 124 Å². The lowest BCUT2D eigenvalue weighted by atomic mass is 10.2. The van der Waals surface area contributed by atoms with Gasteiger partial charge in [0.2, 0.25) is 0 Å². The lowest BCUT2D eigenvalue weighted by Gasteiger charge is -2.13. The largest absolute Gasteiger partial charge is 0.346 e. The molecule has 0 unspecified atom stereocenters. The molecule has 1 aromatic carbocycles. The van der Waals surface area contributed by atoms with Crippen LogP contribution < -0.4 is 5.32 Å². The fourth-order valence-electron chi connectivity index (χ4n) is 2.57. The van der Waals surface area contributed by atoms with Gasteiger partial charge < -0.3 is 9.88 Å². The van der Waals surface area contributed by atoms with Crippen molar-refractivity contribution in [2.24, 2.45) is 0 Å². The van der Waals surface area contributed by atoms with Gasteiger partial charge >= 0.3 is 0 Å². The minimum atomic E-state index is -0.104. The number of aryl methyl sites for hydroxylation is 1. The summed E-state index contributed by atoms with van der Waals surface area (Å²) >= 11 is 5.92. The van der Waals surface area contributed by atoms with Crippen molar-refractivity contribution in [3.63, 3.8) is 0 Å². The highest BCUT2D eigenvalue weighted by Crippen LogP contribution is 2.22. The minimum absolute atomic E-state index is 0.104. The molecule has 0 fully saturated rings. The lowest BCUT2D eigenvalue weighted by Crippen LogP contribution is -2.13. The third-order valence-electron chi connectivity index (χ3n) is 3.33. The molecule has 0 bridgehead atoms. The number of carbonyl (C=O) groups is 1. The van der Waals surface area contributed by atoms with E-state index in [1.807, 2.05) is 32.0 Å². The zero-order chi connectivity index (χ0) is 14.9. The van der Waals surface area contributed by atoms with Gasteiger partial charge in [0.15, 0.2) is 0 Å². The number of hydrogen-bond acceptors (Lipinski definition) is 1. The van der Waals surface area contributed by atoms with Crippen molar-refractivity contribution in [1.82, 2.24) is 4.57 Å². The number of nitrogens with one attached hydrogen (secondary N) is 1. The normalized spacial score (nSPS) is 10.9. The van der Waals surface area contributed by atoms with Crippen molar-refractivity contribution < 1.29 is 4.79 Å². The Morgan fingerprint density at radius 1 is 1.25 bits per heavy atom. The smallest absolute Gasteiger partial charge is 0.257 e. The number of aromatic nitrogens is 1. The fourth-order valence-corrected chi connectivity index (χ4v) is 2.76. The molecular formula is C16H19ClN2O. The minimum Gasteiger partial charge on any atom is -0.346 e. The summed E-state index contributed by atoms with van der Waals surface area (Å²) in [4.78, 5) is 12.4. The van der Waals surface area contributed by atoms with Crippen LogP contribution in [-0.4, -0.2) is 10.5 Å². The Balaban J connectivity index is 2.28. The standard InChI is InChI=1S/C16H19ClN2O/c1-10(2)19-11(3)8-15(12(19)4)16(20)18-14-7-5-6-13(17)9-14/h5-10H,1-4H3,(H,18,20). The van der Waals surface area contributed by atoms with Gasteiger partial charge in [-0.1, -0.05) is 17.7 Å². The number of amides is 1. The molecule has 0 aliphatic rings. The van der Waals surface area contributed by atoms with Crippen LogP contribution >= 0.6 is 11.6 Å². The summed E-state index contributed by atoms with van der Waals surface area (Å²) in [6.07, 6.45) is 0. The zero-order valence-corrected chi connectivity index (χ0v) is 13.0. The van der Waals surface area contributed by atoms with Crippen molar-refractivity contribution in [1.29, 1.82) is 0 Å². The highest BCUT2D eigenvalue weighted by molar-refractivity contribution is 6.31. The van der Waals surface area contributed by atoms with E-state index >= 15 is 0 Å². The second kappa shape index (κ2) is 5.71. The molecule has 106 valence electrons. The third kappa shape index (κ3) is 2.88. The Morgan fingerprint density at radius 2 is 1.95 bits per heavy atom. The average molecular weight is 291 g/mol. The van der Waals surface area contributed by atoms with E-state index in [-0.39, 0.29) is 5.91 Å². The van der Waals surface area contributed by atoms with Crippen LogP contribution in [0, 0.1) is 13.8 Å². The van der Waals surface area contributed by atoms with E-state index in [4.69, 9.17) is 11.6 Å². The van der Waals surface area contributed by atoms with Crippen LogP contribution in [0.1, 0.15) is 41.6 Å². The molecule has 4 heteroatoms. The van der Waals surface area contributed by atoms with Crippen LogP contribution in [0.5, 0.6) is 0 Å². The Kier molecular flexibility index (Phi) is 4.19. The van der Waals surface area contributed by atoms with Crippen LogP contribution in [0.25, 0.3) is 0 Å². The Bertz CT molecular complexity index is 644. The van der Waals surface area contributed by atoms with Gasteiger partial charge in [-0.2, -0.15) is 0 Å². The van der Waals surface area contributed by atoms with E-state index in [2.05, 4.69) is 23.7 Å². The Morgan fingerprint density at radius 3 is 2.50 bits per heavy atom. The SMILES string of the molecule is Cc1cc(C(=O)Nc2cccc(Cl)c2)c(C)n1C(C)C. The van der Waals surface area contributed by atoms with Gasteiger partial charge in [0.1, 0.15) is 0 Å². The number of nitrogens with zero attached hydrogens (tertiary/aromatic N) is 1. The van der Waals surface area contributed by atoms with Crippen LogP contribution in [-0.2, 0) is 0 Å². The first-order valence-electron chi connectivity index (χ1n) is 6.65. The van der Waals surface area contributed by atoms with E-state index < -0.39 is 0 Å². The maximum absolute atomic E-state index is 12.4. The molecule has 1 N–H and O–H groups in total. The maximum Gasteiger partial charge on any atom is 0.257 e. The summed E-state index contributed by atoms with van der Waals surface area (Å²) in [6, 6.07) is 9.42. The molecule has 1 amide bonds. The highest BCUT2D eigenvalue weighted by atomic mass is 35.5. The van der Waals surface area contributed by atoms with Gasteiger partial charge in [0, 0.05) is 28.1 Å². The summed E-state index contributed by atoms with van der Waals surface area (Å²) < 4.78 is 2.16. The van der Waals surface area contributed by atoms with Crippen molar-refractivity contribution in [3.8, 4) is 0 Å². The average Bonchev–Trinajstić information content (AvgIpc) is 2.64.